The Balaban J connectivity index is 1.35. The van der Waals surface area contributed by atoms with Gasteiger partial charge in [0.15, 0.2) is 0 Å². The average molecular weight is 373 g/mol. The van der Waals surface area contributed by atoms with E-state index in [0.29, 0.717) is 26.1 Å². The lowest BCUT2D eigenvalue weighted by Crippen LogP contribution is -2.29. The molecule has 1 aromatic heterocycles. The van der Waals surface area contributed by atoms with E-state index < -0.39 is 10.0 Å². The van der Waals surface area contributed by atoms with Crippen LogP contribution in [0.25, 0.3) is 11.0 Å². The van der Waals surface area contributed by atoms with E-state index in [-0.39, 0.29) is 12.4 Å². The minimum atomic E-state index is -3.32. The molecule has 0 atom stereocenters. The largest absolute Gasteiger partial charge is 0.376 e. The maximum Gasteiger partial charge on any atom is 0.213 e. The van der Waals surface area contributed by atoms with Gasteiger partial charge in [0, 0.05) is 13.1 Å². The molecule has 3 rings (SSSR count). The van der Waals surface area contributed by atoms with Crippen molar-refractivity contribution in [2.75, 3.05) is 18.9 Å². The highest BCUT2D eigenvalue weighted by atomic mass is 32.2. The first kappa shape index (κ1) is 18.6. The number of sulfonamides is 1. The number of nitrogens with one attached hydrogen (secondary N) is 1. The van der Waals surface area contributed by atoms with Crippen LogP contribution in [0.5, 0.6) is 0 Å². The van der Waals surface area contributed by atoms with Crippen LogP contribution >= 0.6 is 0 Å². The second kappa shape index (κ2) is 8.93. The van der Waals surface area contributed by atoms with Gasteiger partial charge in [0.25, 0.3) is 0 Å². The Labute approximate surface area is 153 Å². The summed E-state index contributed by atoms with van der Waals surface area (Å²) in [5.74, 6) is -0.0339. The standard InChI is InChI=1S/C19H23N3O3S/c23-26(24,14-13-25-15-17-7-2-1-3-8-17)21-11-6-12-22-16-20-18-9-4-5-10-19(18)22/h1-5,7-10,16,21H,6,11-15H2. The Morgan fingerprint density at radius 3 is 2.65 bits per heavy atom. The molecule has 0 aliphatic heterocycles. The molecule has 7 heteroatoms. The van der Waals surface area contributed by atoms with Gasteiger partial charge in [-0.05, 0) is 24.1 Å². The zero-order valence-electron chi connectivity index (χ0n) is 14.5. The second-order valence-electron chi connectivity index (χ2n) is 6.03. The average Bonchev–Trinajstić information content (AvgIpc) is 3.07. The van der Waals surface area contributed by atoms with Crippen molar-refractivity contribution >= 4 is 21.1 Å². The SMILES string of the molecule is O=S(=O)(CCOCc1ccccc1)NCCCn1cnc2ccccc21. The number of imidazole rings is 1. The summed E-state index contributed by atoms with van der Waals surface area (Å²) in [6.07, 6.45) is 2.49. The van der Waals surface area contributed by atoms with E-state index in [1.54, 1.807) is 6.33 Å². The zero-order chi connectivity index (χ0) is 18.2. The number of fused-ring (bicyclic) bond motifs is 1. The number of hydrogen-bond donors (Lipinski definition) is 1. The number of aromatic nitrogens is 2. The van der Waals surface area contributed by atoms with Crippen molar-refractivity contribution in [3.8, 4) is 0 Å². The second-order valence-corrected chi connectivity index (χ2v) is 7.96. The van der Waals surface area contributed by atoms with Gasteiger partial charge >= 0.3 is 0 Å². The van der Waals surface area contributed by atoms with Crippen molar-refractivity contribution < 1.29 is 13.2 Å². The van der Waals surface area contributed by atoms with Crippen LogP contribution in [0, 0.1) is 0 Å². The number of para-hydroxylation sites is 2. The first-order valence-corrected chi connectivity index (χ1v) is 10.3. The highest BCUT2D eigenvalue weighted by Crippen LogP contribution is 2.11. The highest BCUT2D eigenvalue weighted by Gasteiger charge is 2.09. The van der Waals surface area contributed by atoms with Crippen LogP contribution in [0.2, 0.25) is 0 Å². The molecule has 0 unspecified atom stereocenters. The molecule has 0 aliphatic rings. The third-order valence-electron chi connectivity index (χ3n) is 4.03. The topological polar surface area (TPSA) is 73.2 Å². The fourth-order valence-corrected chi connectivity index (χ4v) is 3.61. The molecular formula is C19H23N3O3S. The molecule has 1 heterocycles. The molecule has 0 saturated carbocycles. The maximum absolute atomic E-state index is 12.0. The van der Waals surface area contributed by atoms with Crippen LogP contribution in [0.4, 0.5) is 0 Å². The van der Waals surface area contributed by atoms with Crippen molar-refractivity contribution in [3.63, 3.8) is 0 Å². The summed E-state index contributed by atoms with van der Waals surface area (Å²) >= 11 is 0. The van der Waals surface area contributed by atoms with Crippen molar-refractivity contribution in [1.29, 1.82) is 0 Å². The molecule has 2 aromatic carbocycles. The number of hydrogen-bond acceptors (Lipinski definition) is 4. The smallest absolute Gasteiger partial charge is 0.213 e. The van der Waals surface area contributed by atoms with Gasteiger partial charge < -0.3 is 9.30 Å². The Morgan fingerprint density at radius 1 is 1.04 bits per heavy atom. The zero-order valence-corrected chi connectivity index (χ0v) is 15.4. The molecule has 0 saturated heterocycles. The van der Waals surface area contributed by atoms with Crippen LogP contribution in [0.15, 0.2) is 60.9 Å². The van der Waals surface area contributed by atoms with Gasteiger partial charge in [0.05, 0.1) is 36.3 Å². The minimum Gasteiger partial charge on any atom is -0.376 e. The molecular weight excluding hydrogens is 350 g/mol. The summed E-state index contributed by atoms with van der Waals surface area (Å²) in [6.45, 7) is 1.71. The maximum atomic E-state index is 12.0. The van der Waals surface area contributed by atoms with E-state index in [2.05, 4.69) is 9.71 Å². The molecule has 3 aromatic rings. The normalized spacial score (nSPS) is 11.8. The Kier molecular flexibility index (Phi) is 6.38. The number of rotatable bonds is 10. The first-order valence-electron chi connectivity index (χ1n) is 8.63. The quantitative estimate of drug-likeness (QED) is 0.554. The Bertz CT molecular complexity index is 923. The minimum absolute atomic E-state index is 0.0339. The third-order valence-corrected chi connectivity index (χ3v) is 5.38. The summed E-state index contributed by atoms with van der Waals surface area (Å²) in [5, 5.41) is 0. The number of ether oxygens (including phenoxy) is 1. The fourth-order valence-electron chi connectivity index (χ4n) is 2.67. The third kappa shape index (κ3) is 5.39. The monoisotopic (exact) mass is 373 g/mol. The van der Waals surface area contributed by atoms with E-state index >= 15 is 0 Å². The van der Waals surface area contributed by atoms with E-state index in [4.69, 9.17) is 4.74 Å². The predicted molar refractivity (Wildman–Crippen MR) is 102 cm³/mol. The van der Waals surface area contributed by atoms with Crippen molar-refractivity contribution in [3.05, 3.63) is 66.5 Å². The van der Waals surface area contributed by atoms with Gasteiger partial charge in [-0.1, -0.05) is 42.5 Å². The lowest BCUT2D eigenvalue weighted by Gasteiger charge is -2.08. The van der Waals surface area contributed by atoms with E-state index in [0.717, 1.165) is 16.6 Å². The van der Waals surface area contributed by atoms with Gasteiger partial charge in [-0.2, -0.15) is 0 Å². The predicted octanol–water partition coefficient (Wildman–Crippen LogP) is 2.56. The number of nitrogens with zero attached hydrogens (tertiary/aromatic N) is 2. The lowest BCUT2D eigenvalue weighted by molar-refractivity contribution is 0.135. The van der Waals surface area contributed by atoms with Gasteiger partial charge in [-0.3, -0.25) is 0 Å². The summed E-state index contributed by atoms with van der Waals surface area (Å²) in [6, 6.07) is 17.6. The molecule has 1 N–H and O–H groups in total. The van der Waals surface area contributed by atoms with E-state index in [9.17, 15) is 8.42 Å². The molecule has 0 fully saturated rings. The summed E-state index contributed by atoms with van der Waals surface area (Å²) < 4.78 is 34.1. The Hall–Kier alpha value is -2.22. The molecule has 0 radical (unpaired) electrons. The van der Waals surface area contributed by atoms with Crippen LogP contribution in [0.1, 0.15) is 12.0 Å². The van der Waals surface area contributed by atoms with Gasteiger partial charge in [-0.15, -0.1) is 0 Å². The van der Waals surface area contributed by atoms with Gasteiger partial charge in [0.2, 0.25) is 10.0 Å². The Morgan fingerprint density at radius 2 is 1.81 bits per heavy atom. The molecule has 0 aliphatic carbocycles. The van der Waals surface area contributed by atoms with Crippen LogP contribution in [-0.4, -0.2) is 36.9 Å². The molecule has 0 amide bonds. The van der Waals surface area contributed by atoms with E-state index in [1.807, 2.05) is 59.2 Å². The van der Waals surface area contributed by atoms with Gasteiger partial charge in [-0.25, -0.2) is 18.1 Å². The fraction of sp³-hybridized carbons (Fsp3) is 0.316. The number of aryl methyl sites for hydroxylation is 1. The van der Waals surface area contributed by atoms with Crippen LogP contribution < -0.4 is 4.72 Å². The first-order chi connectivity index (χ1) is 12.6. The van der Waals surface area contributed by atoms with Crippen molar-refractivity contribution in [2.45, 2.75) is 19.6 Å². The number of benzene rings is 2. The molecule has 26 heavy (non-hydrogen) atoms. The van der Waals surface area contributed by atoms with Crippen LogP contribution in [0.3, 0.4) is 0 Å². The summed E-state index contributed by atoms with van der Waals surface area (Å²) in [4.78, 5) is 4.33. The van der Waals surface area contributed by atoms with Gasteiger partial charge in [0.1, 0.15) is 0 Å². The molecule has 0 spiro atoms. The van der Waals surface area contributed by atoms with Crippen LogP contribution in [-0.2, 0) is 27.9 Å². The van der Waals surface area contributed by atoms with Crippen molar-refractivity contribution in [1.82, 2.24) is 14.3 Å². The van der Waals surface area contributed by atoms with Crippen molar-refractivity contribution in [2.24, 2.45) is 0 Å². The summed E-state index contributed by atoms with van der Waals surface area (Å²) in [7, 11) is -3.32. The lowest BCUT2D eigenvalue weighted by atomic mass is 10.2. The summed E-state index contributed by atoms with van der Waals surface area (Å²) in [5.41, 5.74) is 3.04. The molecule has 138 valence electrons. The van der Waals surface area contributed by atoms with E-state index in [1.165, 1.54) is 0 Å². The highest BCUT2D eigenvalue weighted by molar-refractivity contribution is 7.89. The molecule has 0 bridgehead atoms. The molecule has 6 nitrogen and oxygen atoms in total.